The van der Waals surface area contributed by atoms with Crippen molar-refractivity contribution in [1.82, 2.24) is 14.1 Å². The van der Waals surface area contributed by atoms with Crippen LogP contribution in [0.4, 0.5) is 0 Å². The van der Waals surface area contributed by atoms with Gasteiger partial charge in [-0.25, -0.2) is 8.42 Å². The maximum absolute atomic E-state index is 12.5. The maximum Gasteiger partial charge on any atom is 0.304 e. The van der Waals surface area contributed by atoms with E-state index >= 15 is 0 Å². The summed E-state index contributed by atoms with van der Waals surface area (Å²) in [5, 5.41) is 12.8. The summed E-state index contributed by atoms with van der Waals surface area (Å²) in [7, 11) is -2.03. The predicted octanol–water partition coefficient (Wildman–Crippen LogP) is 0.522. The van der Waals surface area contributed by atoms with E-state index in [-0.39, 0.29) is 24.4 Å². The number of rotatable bonds is 6. The molecule has 108 valence electrons. The van der Waals surface area contributed by atoms with Crippen molar-refractivity contribution in [3.63, 3.8) is 0 Å². The van der Waals surface area contributed by atoms with E-state index in [1.807, 2.05) is 0 Å². The number of carbonyl (C=O) groups is 1. The third-order valence-corrected chi connectivity index (χ3v) is 5.20. The zero-order chi connectivity index (χ0) is 14.8. The first-order chi connectivity index (χ1) is 8.71. The third-order valence-electron chi connectivity index (χ3n) is 2.97. The summed E-state index contributed by atoms with van der Waals surface area (Å²) in [6.45, 7) is 5.18. The average Bonchev–Trinajstić information content (AvgIpc) is 2.53. The van der Waals surface area contributed by atoms with Crippen LogP contribution in [0.15, 0.2) is 4.90 Å². The van der Waals surface area contributed by atoms with Gasteiger partial charge in [-0.3, -0.25) is 9.48 Å². The number of aliphatic carboxylic acids is 1. The molecule has 1 heterocycles. The molecule has 0 bridgehead atoms. The van der Waals surface area contributed by atoms with Gasteiger partial charge < -0.3 is 5.11 Å². The number of aryl methyl sites for hydroxylation is 2. The van der Waals surface area contributed by atoms with Crippen molar-refractivity contribution < 1.29 is 18.3 Å². The largest absolute Gasteiger partial charge is 0.481 e. The number of sulfonamides is 1. The number of hydrogen-bond donors (Lipinski definition) is 1. The molecule has 8 heteroatoms. The Balaban J connectivity index is 3.17. The monoisotopic (exact) mass is 289 g/mol. The zero-order valence-electron chi connectivity index (χ0n) is 11.5. The molecule has 0 amide bonds. The summed E-state index contributed by atoms with van der Waals surface area (Å²) in [4.78, 5) is 10.8. The Morgan fingerprint density at radius 3 is 2.37 bits per heavy atom. The number of carboxylic acids is 1. The lowest BCUT2D eigenvalue weighted by molar-refractivity contribution is -0.137. The summed E-state index contributed by atoms with van der Waals surface area (Å²) in [5.41, 5.74) is 0.972. The number of aromatic nitrogens is 2. The second kappa shape index (κ2) is 5.70. The number of nitrogens with zero attached hydrogens (tertiary/aromatic N) is 3. The third kappa shape index (κ3) is 3.13. The van der Waals surface area contributed by atoms with E-state index < -0.39 is 16.0 Å². The van der Waals surface area contributed by atoms with Crippen LogP contribution in [0.3, 0.4) is 0 Å². The molecular formula is C11H19N3O4S. The summed E-state index contributed by atoms with van der Waals surface area (Å²) in [6, 6.07) is 0. The van der Waals surface area contributed by atoms with Crippen LogP contribution in [0.25, 0.3) is 0 Å². The van der Waals surface area contributed by atoms with Crippen LogP contribution in [0.1, 0.15) is 24.7 Å². The van der Waals surface area contributed by atoms with Crippen molar-refractivity contribution in [3.05, 3.63) is 11.4 Å². The normalized spacial score (nSPS) is 12.1. The topological polar surface area (TPSA) is 92.5 Å². The van der Waals surface area contributed by atoms with Gasteiger partial charge in [0.25, 0.3) is 0 Å². The summed E-state index contributed by atoms with van der Waals surface area (Å²) >= 11 is 0. The highest BCUT2D eigenvalue weighted by Crippen LogP contribution is 2.22. The van der Waals surface area contributed by atoms with Gasteiger partial charge in [-0.2, -0.15) is 9.40 Å². The van der Waals surface area contributed by atoms with Crippen LogP contribution in [-0.2, 0) is 21.9 Å². The van der Waals surface area contributed by atoms with Crippen molar-refractivity contribution in [1.29, 1.82) is 0 Å². The van der Waals surface area contributed by atoms with Crippen molar-refractivity contribution in [2.24, 2.45) is 7.05 Å². The minimum Gasteiger partial charge on any atom is -0.481 e. The second-order valence-electron chi connectivity index (χ2n) is 4.26. The Hall–Kier alpha value is -1.41. The molecule has 1 rings (SSSR count). The van der Waals surface area contributed by atoms with Crippen molar-refractivity contribution in [2.75, 3.05) is 13.1 Å². The Bertz CT molecular complexity index is 577. The second-order valence-corrected chi connectivity index (χ2v) is 6.14. The van der Waals surface area contributed by atoms with E-state index in [2.05, 4.69) is 5.10 Å². The molecular weight excluding hydrogens is 270 g/mol. The first-order valence-corrected chi connectivity index (χ1v) is 7.38. The van der Waals surface area contributed by atoms with Gasteiger partial charge in [-0.1, -0.05) is 6.92 Å². The van der Waals surface area contributed by atoms with Gasteiger partial charge in [0.15, 0.2) is 0 Å². The van der Waals surface area contributed by atoms with Crippen molar-refractivity contribution in [3.8, 4) is 0 Å². The average molecular weight is 289 g/mol. The van der Waals surface area contributed by atoms with Crippen LogP contribution < -0.4 is 0 Å². The Morgan fingerprint density at radius 1 is 1.42 bits per heavy atom. The van der Waals surface area contributed by atoms with E-state index in [0.29, 0.717) is 11.4 Å². The van der Waals surface area contributed by atoms with Gasteiger partial charge in [0, 0.05) is 20.1 Å². The lowest BCUT2D eigenvalue weighted by atomic mass is 10.4. The molecule has 0 atom stereocenters. The molecule has 1 N–H and O–H groups in total. The number of hydrogen-bond acceptors (Lipinski definition) is 4. The lowest BCUT2D eigenvalue weighted by Crippen LogP contribution is -2.33. The molecule has 0 aliphatic heterocycles. The van der Waals surface area contributed by atoms with Crippen molar-refractivity contribution >= 4 is 16.0 Å². The van der Waals surface area contributed by atoms with E-state index in [1.54, 1.807) is 27.8 Å². The minimum atomic E-state index is -3.70. The predicted molar refractivity (Wildman–Crippen MR) is 69.4 cm³/mol. The van der Waals surface area contributed by atoms with Gasteiger partial charge in [0.1, 0.15) is 4.90 Å². The molecule has 0 spiro atoms. The molecule has 7 nitrogen and oxygen atoms in total. The Labute approximate surface area is 112 Å². The first kappa shape index (κ1) is 15.6. The molecule has 0 aliphatic carbocycles. The van der Waals surface area contributed by atoms with Gasteiger partial charge in [-0.05, 0) is 13.8 Å². The van der Waals surface area contributed by atoms with Crippen LogP contribution in [0.5, 0.6) is 0 Å². The molecule has 0 aliphatic rings. The highest BCUT2D eigenvalue weighted by atomic mass is 32.2. The lowest BCUT2D eigenvalue weighted by Gasteiger charge is -2.19. The molecule has 19 heavy (non-hydrogen) atoms. The fraction of sp³-hybridized carbons (Fsp3) is 0.636. The minimum absolute atomic E-state index is 0.0397. The van der Waals surface area contributed by atoms with Crippen LogP contribution >= 0.6 is 0 Å². The molecule has 0 radical (unpaired) electrons. The maximum atomic E-state index is 12.5. The van der Waals surface area contributed by atoms with E-state index in [9.17, 15) is 13.2 Å². The van der Waals surface area contributed by atoms with E-state index in [0.717, 1.165) is 4.31 Å². The molecule has 0 saturated heterocycles. The van der Waals surface area contributed by atoms with Crippen molar-refractivity contribution in [2.45, 2.75) is 32.1 Å². The molecule has 0 aromatic carbocycles. The Kier molecular flexibility index (Phi) is 4.70. The molecule has 0 fully saturated rings. The standard InChI is InChI=1S/C11H19N3O4S/c1-5-14(7-6-10(15)16)19(17,18)11-8(2)12-13(4)9(11)3/h5-7H2,1-4H3,(H,15,16). The SMILES string of the molecule is CCN(CCC(=O)O)S(=O)(=O)c1c(C)nn(C)c1C. The molecule has 1 aromatic heterocycles. The smallest absolute Gasteiger partial charge is 0.304 e. The molecule has 0 unspecified atom stereocenters. The summed E-state index contributed by atoms with van der Waals surface area (Å²) < 4.78 is 27.7. The fourth-order valence-corrected chi connectivity index (χ4v) is 3.77. The molecule has 0 saturated carbocycles. The van der Waals surface area contributed by atoms with E-state index in [1.165, 1.54) is 4.68 Å². The first-order valence-electron chi connectivity index (χ1n) is 5.94. The zero-order valence-corrected chi connectivity index (χ0v) is 12.4. The van der Waals surface area contributed by atoms with Crippen LogP contribution in [-0.4, -0.2) is 46.7 Å². The van der Waals surface area contributed by atoms with Crippen LogP contribution in [0, 0.1) is 13.8 Å². The highest BCUT2D eigenvalue weighted by molar-refractivity contribution is 7.89. The highest BCUT2D eigenvalue weighted by Gasteiger charge is 2.29. The number of carboxylic acid groups (broad SMARTS) is 1. The molecule has 1 aromatic rings. The van der Waals surface area contributed by atoms with Gasteiger partial charge in [0.2, 0.25) is 10.0 Å². The van der Waals surface area contributed by atoms with Crippen LogP contribution in [0.2, 0.25) is 0 Å². The van der Waals surface area contributed by atoms with Gasteiger partial charge >= 0.3 is 5.97 Å². The summed E-state index contributed by atoms with van der Waals surface area (Å²) in [5.74, 6) is -1.02. The van der Waals surface area contributed by atoms with E-state index in [4.69, 9.17) is 5.11 Å². The summed E-state index contributed by atoms with van der Waals surface area (Å²) in [6.07, 6.45) is -0.217. The van der Waals surface area contributed by atoms with Gasteiger partial charge in [-0.15, -0.1) is 0 Å². The quantitative estimate of drug-likeness (QED) is 0.824. The fourth-order valence-electron chi connectivity index (χ4n) is 1.93. The Morgan fingerprint density at radius 2 is 2.00 bits per heavy atom. The van der Waals surface area contributed by atoms with Gasteiger partial charge in [0.05, 0.1) is 17.8 Å².